The van der Waals surface area contributed by atoms with Crippen molar-refractivity contribution in [3.8, 4) is 22.3 Å². The molecule has 3 aromatic carbocycles. The van der Waals surface area contributed by atoms with Gasteiger partial charge < -0.3 is 5.48 Å². The Morgan fingerprint density at radius 1 is 0.545 bits per heavy atom. The van der Waals surface area contributed by atoms with Crippen molar-refractivity contribution in [3.63, 3.8) is 0 Å². The first-order valence-electron chi connectivity index (χ1n) is 10.8. The molecule has 0 aliphatic heterocycles. The lowest BCUT2D eigenvalue weighted by molar-refractivity contribution is 0.457. The average molecular weight is 449 g/mol. The molecule has 172 valence electrons. The molecule has 4 aromatic rings. The van der Waals surface area contributed by atoms with Crippen LogP contribution in [-0.4, -0.2) is 15.4 Å². The summed E-state index contributed by atoms with van der Waals surface area (Å²) in [6.07, 6.45) is 0. The van der Waals surface area contributed by atoms with E-state index >= 15 is 0 Å². The summed E-state index contributed by atoms with van der Waals surface area (Å²) in [7, 11) is 0. The molecule has 0 fully saturated rings. The van der Waals surface area contributed by atoms with Gasteiger partial charge in [0, 0.05) is 0 Å². The molecule has 0 aliphatic carbocycles. The highest BCUT2D eigenvalue weighted by Crippen LogP contribution is 2.49. The van der Waals surface area contributed by atoms with E-state index in [1.54, 1.807) is 0 Å². The Labute approximate surface area is 193 Å². The zero-order chi connectivity index (χ0) is 23.3. The van der Waals surface area contributed by atoms with Gasteiger partial charge in [0.1, 0.15) is 0 Å². The Morgan fingerprint density at radius 3 is 1.12 bits per heavy atom. The van der Waals surface area contributed by atoms with Gasteiger partial charge in [-0.2, -0.15) is 8.78 Å². The van der Waals surface area contributed by atoms with E-state index in [-0.39, 0.29) is 5.48 Å². The third kappa shape index (κ3) is 4.38. The van der Waals surface area contributed by atoms with E-state index in [1.165, 1.54) is 0 Å². The van der Waals surface area contributed by atoms with Crippen LogP contribution in [0.4, 0.5) is 8.78 Å². The molecule has 1 aromatic heterocycles. The highest BCUT2D eigenvalue weighted by molar-refractivity contribution is 6.01. The van der Waals surface area contributed by atoms with Crippen molar-refractivity contribution < 1.29 is 14.3 Å². The Hall–Kier alpha value is -3.18. The van der Waals surface area contributed by atoms with Gasteiger partial charge in [0.05, 0.1) is 11.0 Å². The molecule has 0 saturated heterocycles. The molecule has 0 amide bonds. The quantitative estimate of drug-likeness (QED) is 0.331. The van der Waals surface area contributed by atoms with Crippen LogP contribution in [-0.2, 0) is 10.8 Å². The van der Waals surface area contributed by atoms with Crippen LogP contribution < -0.4 is 0 Å². The molecule has 5 heteroatoms. The predicted molar refractivity (Wildman–Crippen MR) is 131 cm³/mol. The van der Waals surface area contributed by atoms with Crippen molar-refractivity contribution >= 4 is 11.0 Å². The van der Waals surface area contributed by atoms with Crippen molar-refractivity contribution in [2.45, 2.75) is 52.4 Å². The van der Waals surface area contributed by atoms with E-state index in [2.05, 4.69) is 75.8 Å². The smallest absolute Gasteiger partial charge is 0.269 e. The van der Waals surface area contributed by atoms with E-state index in [1.807, 2.05) is 36.4 Å². The van der Waals surface area contributed by atoms with Crippen molar-refractivity contribution in [2.24, 2.45) is 0 Å². The van der Waals surface area contributed by atoms with Crippen LogP contribution in [0.5, 0.6) is 0 Å². The van der Waals surface area contributed by atoms with Gasteiger partial charge in [0.25, 0.3) is 11.9 Å². The van der Waals surface area contributed by atoms with Gasteiger partial charge in [-0.05, 0) is 44.2 Å². The lowest BCUT2D eigenvalue weighted by atomic mass is 9.71. The number of hydrogen-bond acceptors (Lipinski definition) is 2. The first-order chi connectivity index (χ1) is 15.0. The molecule has 0 unspecified atom stereocenters. The van der Waals surface area contributed by atoms with Gasteiger partial charge in [0.2, 0.25) is 0 Å². The van der Waals surface area contributed by atoms with Crippen molar-refractivity contribution in [2.75, 3.05) is 0 Å². The molecule has 0 bridgehead atoms. The average Bonchev–Trinajstić information content (AvgIpc) is 2.73. The minimum Gasteiger partial charge on any atom is -0.412 e. The number of benzene rings is 3. The van der Waals surface area contributed by atoms with Gasteiger partial charge in [0.15, 0.2) is 0 Å². The Balaban J connectivity index is 0.00000306. The summed E-state index contributed by atoms with van der Waals surface area (Å²) >= 11 is 0. The molecule has 0 aliphatic rings. The van der Waals surface area contributed by atoms with Gasteiger partial charge >= 0.3 is 0 Å². The molecule has 3 nitrogen and oxygen atoms in total. The molecule has 0 saturated carbocycles. The lowest BCUT2D eigenvalue weighted by Crippen LogP contribution is -2.21. The van der Waals surface area contributed by atoms with E-state index in [0.717, 1.165) is 33.4 Å². The number of rotatable bonds is 2. The van der Waals surface area contributed by atoms with Crippen LogP contribution in [0.15, 0.2) is 60.7 Å². The second kappa shape index (κ2) is 8.64. The molecule has 0 radical (unpaired) electrons. The zero-order valence-corrected chi connectivity index (χ0v) is 19.9. The van der Waals surface area contributed by atoms with E-state index in [4.69, 9.17) is 0 Å². The molecular formula is C28H30F2N2O. The third-order valence-electron chi connectivity index (χ3n) is 5.66. The molecule has 0 spiro atoms. The van der Waals surface area contributed by atoms with Crippen molar-refractivity contribution in [3.05, 3.63) is 83.7 Å². The summed E-state index contributed by atoms with van der Waals surface area (Å²) in [6.45, 7) is 12.4. The summed E-state index contributed by atoms with van der Waals surface area (Å²) in [5.74, 6) is -2.34. The topological polar surface area (TPSA) is 57.3 Å². The second-order valence-corrected chi connectivity index (χ2v) is 10.2. The zero-order valence-electron chi connectivity index (χ0n) is 19.9. The molecule has 33 heavy (non-hydrogen) atoms. The number of hydrogen-bond donors (Lipinski definition) is 0. The molecule has 4 rings (SSSR count). The maximum absolute atomic E-state index is 14.5. The molecule has 0 atom stereocenters. The van der Waals surface area contributed by atoms with Crippen LogP contribution in [0.1, 0.15) is 52.7 Å². The fraction of sp³-hybridized carbons (Fsp3) is 0.286. The molecular weight excluding hydrogens is 418 g/mol. The maximum Gasteiger partial charge on any atom is 0.269 e. The van der Waals surface area contributed by atoms with Gasteiger partial charge in [-0.3, -0.25) is 0 Å². The Kier molecular flexibility index (Phi) is 6.40. The highest BCUT2D eigenvalue weighted by atomic mass is 19.2. The summed E-state index contributed by atoms with van der Waals surface area (Å²) in [5.41, 5.74) is 5.74. The number of nitrogens with zero attached hydrogens (tertiary/aromatic N) is 2. The summed E-state index contributed by atoms with van der Waals surface area (Å²) in [6, 6.07) is 20.2. The summed E-state index contributed by atoms with van der Waals surface area (Å²) in [5, 5.41) is 0. The van der Waals surface area contributed by atoms with E-state index in [0.29, 0.717) is 11.0 Å². The first kappa shape index (κ1) is 24.5. The van der Waals surface area contributed by atoms with E-state index in [9.17, 15) is 8.78 Å². The standard InChI is InChI=1S/C28H28F2N2.H2O/c1-27(2,3)21-19(17-13-9-7-10-14-17)20(18-15-11-8-12-16-18)22(28(4,5)6)24-23(21)31-25(29)26(30)32-24;/h7-16H,1-6H3;1H2. The Bertz CT molecular complexity index is 1190. The van der Waals surface area contributed by atoms with Crippen LogP contribution in [0.25, 0.3) is 33.3 Å². The number of aromatic nitrogens is 2. The fourth-order valence-corrected chi connectivity index (χ4v) is 4.48. The first-order valence-corrected chi connectivity index (χ1v) is 10.8. The third-order valence-corrected chi connectivity index (χ3v) is 5.66. The minimum absolute atomic E-state index is 0. The van der Waals surface area contributed by atoms with Crippen molar-refractivity contribution in [1.82, 2.24) is 9.97 Å². The SMILES string of the molecule is CC(C)(C)c1c(-c2ccccc2)c(-c2ccccc2)c(C(C)(C)C)c2nc(F)c(F)nc12.O. The lowest BCUT2D eigenvalue weighted by Gasteiger charge is -2.33. The maximum atomic E-state index is 14.5. The van der Waals surface area contributed by atoms with Crippen molar-refractivity contribution in [1.29, 1.82) is 0 Å². The highest BCUT2D eigenvalue weighted by Gasteiger charge is 2.34. The summed E-state index contributed by atoms with van der Waals surface area (Å²) < 4.78 is 28.9. The molecule has 2 N–H and O–H groups in total. The van der Waals surface area contributed by atoms with Crippen LogP contribution >= 0.6 is 0 Å². The van der Waals surface area contributed by atoms with Gasteiger partial charge in [-0.15, -0.1) is 0 Å². The normalized spacial score (nSPS) is 12.0. The number of halogens is 2. The second-order valence-electron chi connectivity index (χ2n) is 10.2. The fourth-order valence-electron chi connectivity index (χ4n) is 4.48. The molecule has 1 heterocycles. The summed E-state index contributed by atoms with van der Waals surface area (Å²) in [4.78, 5) is 8.27. The monoisotopic (exact) mass is 448 g/mol. The minimum atomic E-state index is -1.17. The van der Waals surface area contributed by atoms with E-state index < -0.39 is 22.7 Å². The Morgan fingerprint density at radius 2 is 0.848 bits per heavy atom. The van der Waals surface area contributed by atoms with Gasteiger partial charge in [-0.25, -0.2) is 9.97 Å². The predicted octanol–water partition coefficient (Wildman–Crippen LogP) is 7.01. The van der Waals surface area contributed by atoms with Crippen LogP contribution in [0, 0.1) is 11.9 Å². The largest absolute Gasteiger partial charge is 0.412 e. The number of fused-ring (bicyclic) bond motifs is 1. The van der Waals surface area contributed by atoms with Crippen LogP contribution in [0.2, 0.25) is 0 Å². The van der Waals surface area contributed by atoms with Gasteiger partial charge in [-0.1, -0.05) is 102 Å². The van der Waals surface area contributed by atoms with Crippen LogP contribution in [0.3, 0.4) is 0 Å².